The topological polar surface area (TPSA) is 116 Å². The highest BCUT2D eigenvalue weighted by atomic mass is 35.5. The van der Waals surface area contributed by atoms with E-state index in [0.29, 0.717) is 11.3 Å². The average Bonchev–Trinajstić information content (AvgIpc) is 3.75. The molecule has 6 rings (SSSR count). The first-order chi connectivity index (χ1) is 22.2. The van der Waals surface area contributed by atoms with Crippen molar-refractivity contribution in [2.24, 2.45) is 0 Å². The predicted molar refractivity (Wildman–Crippen MR) is 176 cm³/mol. The first kappa shape index (κ1) is 32.0. The fourth-order valence-corrected chi connectivity index (χ4v) is 8.09. The second-order valence-electron chi connectivity index (χ2n) is 10.9. The van der Waals surface area contributed by atoms with Gasteiger partial charge in [0.25, 0.3) is 0 Å². The van der Waals surface area contributed by atoms with Gasteiger partial charge >= 0.3 is 0 Å². The van der Waals surface area contributed by atoms with Crippen LogP contribution in [0.3, 0.4) is 0 Å². The number of rotatable bonds is 10. The Hall–Kier alpha value is -4.00. The molecule has 3 aromatic carbocycles. The standard InChI is InChI=1S/C33H31Cl2N5O5S/c1-21-15-27(39-14-13-37-20-39)24-9-6-10-29(32(24)38-21)45-19-25-26(34)11-12-30(31(25)35)46(42,43)40-17-23(16-28(40)33(41)36-2)44-18-22-7-4-3-5-8-22/h3-15,20,23,28H,16-19H2,1-2H3,(H,36,41). The van der Waals surface area contributed by atoms with Crippen molar-refractivity contribution in [3.63, 3.8) is 0 Å². The lowest BCUT2D eigenvalue weighted by atomic mass is 10.1. The Kier molecular flexibility index (Phi) is 9.30. The summed E-state index contributed by atoms with van der Waals surface area (Å²) < 4.78 is 43.5. The van der Waals surface area contributed by atoms with Crippen LogP contribution in [0.4, 0.5) is 0 Å². The molecule has 3 heterocycles. The number of ether oxygens (including phenoxy) is 2. The van der Waals surface area contributed by atoms with Crippen LogP contribution in [0.25, 0.3) is 16.6 Å². The Morgan fingerprint density at radius 1 is 1.07 bits per heavy atom. The highest BCUT2D eigenvalue weighted by molar-refractivity contribution is 7.89. The van der Waals surface area contributed by atoms with Gasteiger partial charge in [-0.05, 0) is 36.8 Å². The van der Waals surface area contributed by atoms with Crippen LogP contribution in [0.1, 0.15) is 23.2 Å². The van der Waals surface area contributed by atoms with Gasteiger partial charge < -0.3 is 19.4 Å². The van der Waals surface area contributed by atoms with Gasteiger partial charge in [-0.15, -0.1) is 0 Å². The van der Waals surface area contributed by atoms with Crippen LogP contribution in [-0.2, 0) is 32.8 Å². The summed E-state index contributed by atoms with van der Waals surface area (Å²) >= 11 is 13.3. The van der Waals surface area contributed by atoms with Gasteiger partial charge in [0.15, 0.2) is 0 Å². The van der Waals surface area contributed by atoms with E-state index < -0.39 is 28.1 Å². The molecule has 0 bridgehead atoms. The molecule has 1 saturated heterocycles. The van der Waals surface area contributed by atoms with Crippen molar-refractivity contribution < 1.29 is 22.7 Å². The number of hydrogen-bond acceptors (Lipinski definition) is 7. The summed E-state index contributed by atoms with van der Waals surface area (Å²) in [5.41, 5.74) is 3.52. The molecule has 1 fully saturated rings. The third-order valence-electron chi connectivity index (χ3n) is 7.90. The fourth-order valence-electron chi connectivity index (χ4n) is 5.59. The van der Waals surface area contributed by atoms with E-state index in [9.17, 15) is 13.2 Å². The van der Waals surface area contributed by atoms with Gasteiger partial charge in [-0.25, -0.2) is 18.4 Å². The maximum absolute atomic E-state index is 14.1. The van der Waals surface area contributed by atoms with Crippen molar-refractivity contribution in [3.05, 3.63) is 112 Å². The van der Waals surface area contributed by atoms with Crippen molar-refractivity contribution in [1.29, 1.82) is 0 Å². The third kappa shape index (κ3) is 6.33. The molecule has 5 aromatic rings. The molecule has 2 atom stereocenters. The second-order valence-corrected chi connectivity index (χ2v) is 13.5. The number of sulfonamides is 1. The van der Waals surface area contributed by atoms with Gasteiger partial charge in [0.05, 0.1) is 29.7 Å². The second kappa shape index (κ2) is 13.4. The number of nitrogens with one attached hydrogen (secondary N) is 1. The number of likely N-dealkylation sites (N-methyl/N-ethyl adjacent to an activating group) is 1. The lowest BCUT2D eigenvalue weighted by Crippen LogP contribution is -2.44. The van der Waals surface area contributed by atoms with E-state index in [-0.39, 0.29) is 46.7 Å². The number of carbonyl (C=O) groups is 1. The zero-order valence-electron chi connectivity index (χ0n) is 25.1. The molecule has 46 heavy (non-hydrogen) atoms. The molecule has 1 amide bonds. The van der Waals surface area contributed by atoms with E-state index >= 15 is 0 Å². The van der Waals surface area contributed by atoms with Crippen LogP contribution in [-0.4, -0.2) is 58.9 Å². The number of imidazole rings is 1. The number of pyridine rings is 1. The summed E-state index contributed by atoms with van der Waals surface area (Å²) in [5, 5.41) is 3.57. The van der Waals surface area contributed by atoms with Crippen LogP contribution in [0.5, 0.6) is 5.75 Å². The summed E-state index contributed by atoms with van der Waals surface area (Å²) in [6, 6.07) is 18.9. The maximum atomic E-state index is 14.1. The van der Waals surface area contributed by atoms with Crippen molar-refractivity contribution >= 4 is 50.0 Å². The van der Waals surface area contributed by atoms with E-state index in [1.807, 2.05) is 66.2 Å². The normalized spacial score (nSPS) is 17.0. The van der Waals surface area contributed by atoms with E-state index in [0.717, 1.165) is 26.6 Å². The van der Waals surface area contributed by atoms with Gasteiger partial charge in [0, 0.05) is 54.1 Å². The first-order valence-corrected chi connectivity index (χ1v) is 16.7. The molecule has 1 N–H and O–H groups in total. The number of fused-ring (bicyclic) bond motifs is 1. The minimum Gasteiger partial charge on any atom is -0.487 e. The lowest BCUT2D eigenvalue weighted by molar-refractivity contribution is -0.123. The molecule has 2 unspecified atom stereocenters. The monoisotopic (exact) mass is 679 g/mol. The van der Waals surface area contributed by atoms with Gasteiger partial charge in [-0.1, -0.05) is 65.7 Å². The number of para-hydroxylation sites is 1. The number of carbonyl (C=O) groups excluding carboxylic acids is 1. The quantitative estimate of drug-likeness (QED) is 0.201. The van der Waals surface area contributed by atoms with Crippen molar-refractivity contribution in [3.8, 4) is 11.4 Å². The van der Waals surface area contributed by atoms with E-state index in [1.54, 1.807) is 18.6 Å². The number of hydrogen-bond donors (Lipinski definition) is 1. The molecule has 1 aliphatic rings. The molecule has 0 saturated carbocycles. The molecule has 0 spiro atoms. The Bertz CT molecular complexity index is 1990. The van der Waals surface area contributed by atoms with E-state index in [1.165, 1.54) is 19.2 Å². The van der Waals surface area contributed by atoms with Crippen LogP contribution < -0.4 is 10.1 Å². The Labute approximate surface area is 276 Å². The average molecular weight is 681 g/mol. The van der Waals surface area contributed by atoms with Crippen molar-refractivity contribution in [2.45, 2.75) is 43.6 Å². The fraction of sp³-hybridized carbons (Fsp3) is 0.242. The summed E-state index contributed by atoms with van der Waals surface area (Å²) in [7, 11) is -2.79. The highest BCUT2D eigenvalue weighted by Crippen LogP contribution is 2.37. The van der Waals surface area contributed by atoms with Crippen molar-refractivity contribution in [2.75, 3.05) is 13.6 Å². The lowest BCUT2D eigenvalue weighted by Gasteiger charge is -2.24. The number of halogens is 2. The number of aromatic nitrogens is 3. The summed E-state index contributed by atoms with van der Waals surface area (Å²) in [6.07, 6.45) is 4.95. The largest absolute Gasteiger partial charge is 0.487 e. The summed E-state index contributed by atoms with van der Waals surface area (Å²) in [5.74, 6) is 0.0393. The Morgan fingerprint density at radius 2 is 1.87 bits per heavy atom. The van der Waals surface area contributed by atoms with Gasteiger partial charge in [0.2, 0.25) is 15.9 Å². The molecule has 238 valence electrons. The molecular formula is C33H31Cl2N5O5S. The Morgan fingerprint density at radius 3 is 2.61 bits per heavy atom. The molecule has 1 aliphatic heterocycles. The minimum atomic E-state index is -4.26. The number of nitrogens with zero attached hydrogens (tertiary/aromatic N) is 4. The van der Waals surface area contributed by atoms with Crippen LogP contribution >= 0.6 is 23.2 Å². The van der Waals surface area contributed by atoms with Gasteiger partial charge in [-0.3, -0.25) is 4.79 Å². The zero-order valence-corrected chi connectivity index (χ0v) is 27.4. The number of benzene rings is 3. The van der Waals surface area contributed by atoms with Crippen LogP contribution in [0.2, 0.25) is 10.0 Å². The first-order valence-electron chi connectivity index (χ1n) is 14.5. The zero-order chi connectivity index (χ0) is 32.4. The molecule has 0 aliphatic carbocycles. The minimum absolute atomic E-state index is 0.0156. The summed E-state index contributed by atoms with van der Waals surface area (Å²) in [4.78, 5) is 21.5. The van der Waals surface area contributed by atoms with Gasteiger partial charge in [-0.2, -0.15) is 4.31 Å². The molecular weight excluding hydrogens is 649 g/mol. The third-order valence-corrected chi connectivity index (χ3v) is 10.7. The highest BCUT2D eigenvalue weighted by Gasteiger charge is 2.45. The maximum Gasteiger partial charge on any atom is 0.245 e. The Balaban J connectivity index is 1.28. The molecule has 0 radical (unpaired) electrons. The smallest absolute Gasteiger partial charge is 0.245 e. The van der Waals surface area contributed by atoms with E-state index in [4.69, 9.17) is 37.7 Å². The molecule has 10 nitrogen and oxygen atoms in total. The van der Waals surface area contributed by atoms with Crippen molar-refractivity contribution in [1.82, 2.24) is 24.2 Å². The number of amides is 1. The predicted octanol–water partition coefficient (Wildman–Crippen LogP) is 5.71. The van der Waals surface area contributed by atoms with Gasteiger partial charge in [0.1, 0.15) is 28.8 Å². The van der Waals surface area contributed by atoms with Crippen LogP contribution in [0, 0.1) is 6.92 Å². The molecule has 13 heteroatoms. The van der Waals surface area contributed by atoms with E-state index in [2.05, 4.69) is 10.3 Å². The molecule has 2 aromatic heterocycles. The SMILES string of the molecule is CNC(=O)C1CC(OCc2ccccc2)CN1S(=O)(=O)c1ccc(Cl)c(COc2cccc3c(-n4ccnc4)cc(C)nc23)c1Cl. The summed E-state index contributed by atoms with van der Waals surface area (Å²) in [6.45, 7) is 2.03. The van der Waals surface area contributed by atoms with Crippen LogP contribution in [0.15, 0.2) is 90.3 Å². The number of aryl methyl sites for hydroxylation is 1.